The van der Waals surface area contributed by atoms with Gasteiger partial charge in [-0.1, -0.05) is 23.7 Å². The molecule has 128 valence electrons. The third-order valence-electron chi connectivity index (χ3n) is 3.39. The molecular weight excluding hydrogens is 361 g/mol. The zero-order chi connectivity index (χ0) is 17.6. The first-order valence-electron chi connectivity index (χ1n) is 7.56. The van der Waals surface area contributed by atoms with Crippen molar-refractivity contribution in [1.29, 1.82) is 0 Å². The number of amides is 1. The first-order valence-corrected chi connectivity index (χ1v) is 8.82. The number of nitrogens with one attached hydrogen (secondary N) is 2. The Morgan fingerprint density at radius 1 is 1.12 bits per heavy atom. The molecule has 0 unspecified atom stereocenters. The fraction of sp³-hybridized carbons (Fsp3) is 0.111. The van der Waals surface area contributed by atoms with Crippen LogP contribution in [0.3, 0.4) is 0 Å². The minimum absolute atomic E-state index is 0.103. The molecular formula is C18H15ClFN3OS. The molecule has 2 N–H and O–H groups in total. The summed E-state index contributed by atoms with van der Waals surface area (Å²) in [6.45, 7) is 0.445. The van der Waals surface area contributed by atoms with Gasteiger partial charge in [0.15, 0.2) is 5.13 Å². The summed E-state index contributed by atoms with van der Waals surface area (Å²) in [7, 11) is 0. The number of hydrogen-bond donors (Lipinski definition) is 2. The molecule has 7 heteroatoms. The molecule has 0 saturated heterocycles. The van der Waals surface area contributed by atoms with Gasteiger partial charge in [0.1, 0.15) is 5.82 Å². The number of anilines is 2. The lowest BCUT2D eigenvalue weighted by atomic mass is 10.2. The number of aromatic nitrogens is 1. The van der Waals surface area contributed by atoms with Gasteiger partial charge in [0, 0.05) is 22.6 Å². The van der Waals surface area contributed by atoms with Crippen molar-refractivity contribution in [3.05, 3.63) is 76.0 Å². The molecule has 0 aliphatic rings. The Kier molecular flexibility index (Phi) is 5.63. The first-order chi connectivity index (χ1) is 12.1. The lowest BCUT2D eigenvalue weighted by Gasteiger charge is -2.04. The van der Waals surface area contributed by atoms with Crippen LogP contribution < -0.4 is 10.6 Å². The number of carbonyl (C=O) groups is 1. The van der Waals surface area contributed by atoms with Gasteiger partial charge in [-0.3, -0.25) is 4.79 Å². The number of halogens is 2. The number of hydrogen-bond acceptors (Lipinski definition) is 4. The van der Waals surface area contributed by atoms with Crippen LogP contribution >= 0.6 is 22.9 Å². The maximum absolute atomic E-state index is 12.9. The third kappa shape index (κ3) is 5.27. The van der Waals surface area contributed by atoms with Gasteiger partial charge in [-0.15, -0.1) is 11.3 Å². The SMILES string of the molecule is O=C(Cc1csc(Nc2ccc(F)cc2)n1)NCc1ccc(Cl)cc1. The monoisotopic (exact) mass is 375 g/mol. The lowest BCUT2D eigenvalue weighted by Crippen LogP contribution is -2.24. The summed E-state index contributed by atoms with van der Waals surface area (Å²) in [4.78, 5) is 16.4. The van der Waals surface area contributed by atoms with E-state index in [1.54, 1.807) is 24.3 Å². The van der Waals surface area contributed by atoms with Crippen LogP contribution in [0.2, 0.25) is 5.02 Å². The van der Waals surface area contributed by atoms with Crippen LogP contribution in [-0.4, -0.2) is 10.9 Å². The summed E-state index contributed by atoms with van der Waals surface area (Å²) in [5.41, 5.74) is 2.41. The molecule has 4 nitrogen and oxygen atoms in total. The molecule has 3 aromatic rings. The van der Waals surface area contributed by atoms with Crippen LogP contribution in [-0.2, 0) is 17.8 Å². The summed E-state index contributed by atoms with van der Waals surface area (Å²) < 4.78 is 12.9. The Bertz CT molecular complexity index is 850. The molecule has 0 atom stereocenters. The van der Waals surface area contributed by atoms with Gasteiger partial charge in [-0.05, 0) is 42.0 Å². The second kappa shape index (κ2) is 8.09. The summed E-state index contributed by atoms with van der Waals surface area (Å²) >= 11 is 7.23. The Balaban J connectivity index is 1.51. The van der Waals surface area contributed by atoms with E-state index in [0.29, 0.717) is 22.4 Å². The van der Waals surface area contributed by atoms with Crippen molar-refractivity contribution < 1.29 is 9.18 Å². The quantitative estimate of drug-likeness (QED) is 0.665. The number of carbonyl (C=O) groups excluding carboxylic acids is 1. The van der Waals surface area contributed by atoms with Gasteiger partial charge in [-0.25, -0.2) is 9.37 Å². The molecule has 3 rings (SSSR count). The first kappa shape index (κ1) is 17.4. The molecule has 1 heterocycles. The maximum Gasteiger partial charge on any atom is 0.226 e. The second-order valence-corrected chi connectivity index (χ2v) is 6.65. The van der Waals surface area contributed by atoms with Crippen molar-refractivity contribution in [2.45, 2.75) is 13.0 Å². The Morgan fingerprint density at radius 3 is 2.56 bits per heavy atom. The molecule has 0 bridgehead atoms. The van der Waals surface area contributed by atoms with Crippen molar-refractivity contribution in [1.82, 2.24) is 10.3 Å². The molecule has 2 aromatic carbocycles. The van der Waals surface area contributed by atoms with Crippen molar-refractivity contribution in [2.75, 3.05) is 5.32 Å². The highest BCUT2D eigenvalue weighted by atomic mass is 35.5. The van der Waals surface area contributed by atoms with E-state index in [1.807, 2.05) is 17.5 Å². The van der Waals surface area contributed by atoms with Gasteiger partial charge in [-0.2, -0.15) is 0 Å². The largest absolute Gasteiger partial charge is 0.352 e. The van der Waals surface area contributed by atoms with Crippen LogP contribution in [0.25, 0.3) is 0 Å². The summed E-state index contributed by atoms with van der Waals surface area (Å²) in [6.07, 6.45) is 0.204. The van der Waals surface area contributed by atoms with Crippen LogP contribution in [0.4, 0.5) is 15.2 Å². The second-order valence-electron chi connectivity index (χ2n) is 5.36. The van der Waals surface area contributed by atoms with Gasteiger partial charge in [0.2, 0.25) is 5.91 Å². The van der Waals surface area contributed by atoms with Crippen LogP contribution in [0.15, 0.2) is 53.9 Å². The lowest BCUT2D eigenvalue weighted by molar-refractivity contribution is -0.120. The normalized spacial score (nSPS) is 10.5. The van der Waals surface area contributed by atoms with Gasteiger partial charge in [0.05, 0.1) is 12.1 Å². The highest BCUT2D eigenvalue weighted by Gasteiger charge is 2.08. The number of benzene rings is 2. The fourth-order valence-electron chi connectivity index (χ4n) is 2.13. The molecule has 0 spiro atoms. The molecule has 1 amide bonds. The van der Waals surface area contributed by atoms with E-state index in [2.05, 4.69) is 15.6 Å². The predicted molar refractivity (Wildman–Crippen MR) is 98.8 cm³/mol. The molecule has 0 fully saturated rings. The number of thiazole rings is 1. The average molecular weight is 376 g/mol. The predicted octanol–water partition coefficient (Wildman–Crippen LogP) is 4.54. The van der Waals surface area contributed by atoms with Crippen LogP contribution in [0, 0.1) is 5.82 Å². The minimum Gasteiger partial charge on any atom is -0.352 e. The van der Waals surface area contributed by atoms with E-state index in [0.717, 1.165) is 11.3 Å². The number of nitrogens with zero attached hydrogens (tertiary/aromatic N) is 1. The molecule has 0 aliphatic carbocycles. The maximum atomic E-state index is 12.9. The van der Waals surface area contributed by atoms with Crippen LogP contribution in [0.1, 0.15) is 11.3 Å². The van der Waals surface area contributed by atoms with Crippen molar-refractivity contribution in [3.8, 4) is 0 Å². The zero-order valence-electron chi connectivity index (χ0n) is 13.1. The van der Waals surface area contributed by atoms with Crippen molar-refractivity contribution in [3.63, 3.8) is 0 Å². The van der Waals surface area contributed by atoms with Gasteiger partial charge < -0.3 is 10.6 Å². The zero-order valence-corrected chi connectivity index (χ0v) is 14.7. The Labute approximate surface area is 153 Å². The smallest absolute Gasteiger partial charge is 0.226 e. The molecule has 0 radical (unpaired) electrons. The third-order valence-corrected chi connectivity index (χ3v) is 4.45. The van der Waals surface area contributed by atoms with E-state index in [9.17, 15) is 9.18 Å². The molecule has 0 aliphatic heterocycles. The molecule has 25 heavy (non-hydrogen) atoms. The number of rotatable bonds is 6. The summed E-state index contributed by atoms with van der Waals surface area (Å²) in [6, 6.07) is 13.3. The minimum atomic E-state index is -0.289. The fourth-order valence-corrected chi connectivity index (χ4v) is 2.99. The Hall–Kier alpha value is -2.44. The van der Waals surface area contributed by atoms with E-state index in [4.69, 9.17) is 11.6 Å². The summed E-state index contributed by atoms with van der Waals surface area (Å²) in [5.74, 6) is -0.392. The van der Waals surface area contributed by atoms with Gasteiger partial charge in [0.25, 0.3) is 0 Å². The summed E-state index contributed by atoms with van der Waals surface area (Å²) in [5, 5.41) is 9.09. The average Bonchev–Trinajstić information content (AvgIpc) is 3.03. The van der Waals surface area contributed by atoms with E-state index < -0.39 is 0 Å². The van der Waals surface area contributed by atoms with E-state index in [1.165, 1.54) is 23.5 Å². The van der Waals surface area contributed by atoms with E-state index >= 15 is 0 Å². The topological polar surface area (TPSA) is 54.0 Å². The van der Waals surface area contributed by atoms with Crippen molar-refractivity contribution in [2.24, 2.45) is 0 Å². The Morgan fingerprint density at radius 2 is 1.84 bits per heavy atom. The van der Waals surface area contributed by atoms with Crippen molar-refractivity contribution >= 4 is 39.7 Å². The molecule has 0 saturated carbocycles. The molecule has 1 aromatic heterocycles. The standard InChI is InChI=1S/C18H15ClFN3OS/c19-13-3-1-12(2-4-13)10-21-17(24)9-16-11-25-18(23-16)22-15-7-5-14(20)6-8-15/h1-8,11H,9-10H2,(H,21,24)(H,22,23). The van der Waals surface area contributed by atoms with E-state index in [-0.39, 0.29) is 18.1 Å². The highest BCUT2D eigenvalue weighted by molar-refractivity contribution is 7.13. The van der Waals surface area contributed by atoms with Crippen LogP contribution in [0.5, 0.6) is 0 Å². The van der Waals surface area contributed by atoms with Gasteiger partial charge >= 0.3 is 0 Å². The highest BCUT2D eigenvalue weighted by Crippen LogP contribution is 2.21.